The summed E-state index contributed by atoms with van der Waals surface area (Å²) in [5, 5.41) is 16.1. The summed E-state index contributed by atoms with van der Waals surface area (Å²) in [4.78, 5) is 43.0. The molecule has 33 heavy (non-hydrogen) atoms. The SMILES string of the molecule is Cc1c(C(=O)C(=O)NC(C)(C)c2cscn2)c(C)n(C)c1C(=O)Nc1ccc(F)c(C#N)c1. The van der Waals surface area contributed by atoms with Crippen LogP contribution in [0.4, 0.5) is 10.1 Å². The van der Waals surface area contributed by atoms with E-state index in [1.54, 1.807) is 51.7 Å². The average molecular weight is 468 g/mol. The zero-order valence-electron chi connectivity index (χ0n) is 18.7. The van der Waals surface area contributed by atoms with E-state index in [0.29, 0.717) is 17.0 Å². The summed E-state index contributed by atoms with van der Waals surface area (Å²) < 4.78 is 15.1. The van der Waals surface area contributed by atoms with E-state index >= 15 is 0 Å². The van der Waals surface area contributed by atoms with Crippen LogP contribution in [0.1, 0.15) is 57.2 Å². The van der Waals surface area contributed by atoms with Gasteiger partial charge in [-0.15, -0.1) is 11.3 Å². The third kappa shape index (κ3) is 4.54. The first-order valence-electron chi connectivity index (χ1n) is 9.90. The molecule has 0 saturated carbocycles. The Morgan fingerprint density at radius 2 is 1.94 bits per heavy atom. The van der Waals surface area contributed by atoms with E-state index in [0.717, 1.165) is 6.07 Å². The Labute approximate surface area is 194 Å². The molecule has 0 fully saturated rings. The lowest BCUT2D eigenvalue weighted by Gasteiger charge is -2.23. The molecule has 0 aliphatic heterocycles. The minimum atomic E-state index is -0.857. The summed E-state index contributed by atoms with van der Waals surface area (Å²) in [5.41, 5.74) is 2.52. The Balaban J connectivity index is 1.88. The molecule has 0 atom stereocenters. The molecule has 8 nitrogen and oxygen atoms in total. The summed E-state index contributed by atoms with van der Waals surface area (Å²) in [6, 6.07) is 5.35. The highest BCUT2D eigenvalue weighted by Crippen LogP contribution is 2.25. The van der Waals surface area contributed by atoms with Gasteiger partial charge in [-0.3, -0.25) is 14.4 Å². The number of Topliss-reactive ketones (excluding diaryl/α,β-unsaturated/α-hetero) is 1. The standard InChI is InChI=1S/C23H22FN5O3S/c1-12-18(20(30)22(32)28-23(3,4)17-10-33-11-26-17)13(2)29(5)19(12)21(31)27-15-6-7-16(24)14(8-15)9-25/h6-8,10-11H,1-5H3,(H,27,31)(H,28,32). The van der Waals surface area contributed by atoms with Crippen LogP contribution in [0.15, 0.2) is 29.1 Å². The molecule has 2 aromatic heterocycles. The molecule has 2 N–H and O–H groups in total. The number of amides is 2. The van der Waals surface area contributed by atoms with Crippen molar-refractivity contribution in [1.29, 1.82) is 5.26 Å². The van der Waals surface area contributed by atoms with Crippen molar-refractivity contribution in [3.05, 3.63) is 68.7 Å². The highest BCUT2D eigenvalue weighted by molar-refractivity contribution is 7.07. The molecule has 170 valence electrons. The maximum atomic E-state index is 13.6. The van der Waals surface area contributed by atoms with Crippen molar-refractivity contribution in [2.24, 2.45) is 7.05 Å². The molecular weight excluding hydrogens is 445 g/mol. The summed E-state index contributed by atoms with van der Waals surface area (Å²) in [6.07, 6.45) is 0. The van der Waals surface area contributed by atoms with Gasteiger partial charge in [-0.2, -0.15) is 5.26 Å². The fourth-order valence-corrected chi connectivity index (χ4v) is 4.27. The lowest BCUT2D eigenvalue weighted by atomic mass is 9.99. The fraction of sp³-hybridized carbons (Fsp3) is 0.261. The number of ketones is 1. The smallest absolute Gasteiger partial charge is 0.293 e. The molecule has 3 aromatic rings. The fourth-order valence-electron chi connectivity index (χ4n) is 3.55. The van der Waals surface area contributed by atoms with Crippen molar-refractivity contribution in [2.75, 3.05) is 5.32 Å². The molecule has 0 radical (unpaired) electrons. The number of carbonyl (C=O) groups excluding carboxylic acids is 3. The maximum absolute atomic E-state index is 13.6. The van der Waals surface area contributed by atoms with Gasteiger partial charge in [0.1, 0.15) is 17.6 Å². The third-order valence-corrected chi connectivity index (χ3v) is 6.01. The number of benzene rings is 1. The van der Waals surface area contributed by atoms with Crippen LogP contribution in [0.2, 0.25) is 0 Å². The van der Waals surface area contributed by atoms with Crippen LogP contribution in [0, 0.1) is 31.0 Å². The number of nitrogens with zero attached hydrogens (tertiary/aromatic N) is 3. The van der Waals surface area contributed by atoms with E-state index in [4.69, 9.17) is 5.26 Å². The van der Waals surface area contributed by atoms with E-state index in [9.17, 15) is 18.8 Å². The minimum Gasteiger partial charge on any atom is -0.343 e. The molecule has 2 heterocycles. The van der Waals surface area contributed by atoms with Crippen LogP contribution in [0.3, 0.4) is 0 Å². The van der Waals surface area contributed by atoms with Gasteiger partial charge >= 0.3 is 0 Å². The maximum Gasteiger partial charge on any atom is 0.293 e. The van der Waals surface area contributed by atoms with Crippen LogP contribution >= 0.6 is 11.3 Å². The zero-order valence-corrected chi connectivity index (χ0v) is 19.6. The van der Waals surface area contributed by atoms with Crippen molar-refractivity contribution >= 4 is 34.6 Å². The van der Waals surface area contributed by atoms with Crippen LogP contribution in [-0.2, 0) is 17.4 Å². The van der Waals surface area contributed by atoms with Gasteiger partial charge in [0.2, 0.25) is 0 Å². The van der Waals surface area contributed by atoms with Crippen molar-refractivity contribution in [2.45, 2.75) is 33.2 Å². The predicted octanol–water partition coefficient (Wildman–Crippen LogP) is 3.60. The lowest BCUT2D eigenvalue weighted by Crippen LogP contribution is -2.44. The second-order valence-corrected chi connectivity index (χ2v) is 8.75. The molecule has 0 aliphatic rings. The van der Waals surface area contributed by atoms with E-state index < -0.39 is 29.0 Å². The molecule has 2 amide bonds. The number of anilines is 1. The summed E-state index contributed by atoms with van der Waals surface area (Å²) >= 11 is 1.38. The minimum absolute atomic E-state index is 0.131. The topological polar surface area (TPSA) is 117 Å². The largest absolute Gasteiger partial charge is 0.343 e. The van der Waals surface area contributed by atoms with Gasteiger partial charge in [-0.25, -0.2) is 9.37 Å². The Kier molecular flexibility index (Phi) is 6.46. The van der Waals surface area contributed by atoms with Gasteiger partial charge in [-0.05, 0) is 51.5 Å². The van der Waals surface area contributed by atoms with Gasteiger partial charge in [-0.1, -0.05) is 0 Å². The number of aromatic nitrogens is 2. The predicted molar refractivity (Wildman–Crippen MR) is 122 cm³/mol. The van der Waals surface area contributed by atoms with Gasteiger partial charge < -0.3 is 15.2 Å². The number of halogens is 1. The first-order valence-corrected chi connectivity index (χ1v) is 10.8. The van der Waals surface area contributed by atoms with Crippen LogP contribution in [0.5, 0.6) is 0 Å². The molecule has 0 spiro atoms. The summed E-state index contributed by atoms with van der Waals surface area (Å²) in [6.45, 7) is 6.71. The quantitative estimate of drug-likeness (QED) is 0.424. The van der Waals surface area contributed by atoms with E-state index in [1.807, 2.05) is 0 Å². The van der Waals surface area contributed by atoms with Crippen molar-refractivity contribution in [3.63, 3.8) is 0 Å². The first-order chi connectivity index (χ1) is 15.5. The molecule has 0 aliphatic carbocycles. The number of rotatable bonds is 6. The zero-order chi connectivity index (χ0) is 24.5. The van der Waals surface area contributed by atoms with Crippen LogP contribution in [-0.4, -0.2) is 27.1 Å². The second-order valence-electron chi connectivity index (χ2n) is 8.04. The Bertz CT molecular complexity index is 1300. The highest BCUT2D eigenvalue weighted by Gasteiger charge is 2.32. The molecule has 3 rings (SSSR count). The summed E-state index contributed by atoms with van der Waals surface area (Å²) in [5.74, 6) is -2.83. The van der Waals surface area contributed by atoms with Crippen LogP contribution in [0.25, 0.3) is 0 Å². The molecule has 1 aromatic carbocycles. The van der Waals surface area contributed by atoms with Crippen molar-refractivity contribution in [3.8, 4) is 6.07 Å². The number of carbonyl (C=O) groups is 3. The van der Waals surface area contributed by atoms with Gasteiger partial charge in [0.25, 0.3) is 17.6 Å². The van der Waals surface area contributed by atoms with Gasteiger partial charge in [0.15, 0.2) is 0 Å². The summed E-state index contributed by atoms with van der Waals surface area (Å²) in [7, 11) is 1.61. The number of hydrogen-bond donors (Lipinski definition) is 2. The molecule has 0 unspecified atom stereocenters. The molecular formula is C23H22FN5O3S. The van der Waals surface area contributed by atoms with Crippen molar-refractivity contribution in [1.82, 2.24) is 14.9 Å². The van der Waals surface area contributed by atoms with Crippen molar-refractivity contribution < 1.29 is 18.8 Å². The first kappa shape index (κ1) is 23.8. The number of nitrogens with one attached hydrogen (secondary N) is 2. The second kappa shape index (κ2) is 8.96. The number of thiazole rings is 1. The lowest BCUT2D eigenvalue weighted by molar-refractivity contribution is -0.118. The van der Waals surface area contributed by atoms with Gasteiger partial charge in [0.05, 0.1) is 27.9 Å². The molecule has 0 bridgehead atoms. The molecule has 0 saturated heterocycles. The Morgan fingerprint density at radius 1 is 1.24 bits per heavy atom. The van der Waals surface area contributed by atoms with Crippen LogP contribution < -0.4 is 10.6 Å². The average Bonchev–Trinajstić information content (AvgIpc) is 3.37. The van der Waals surface area contributed by atoms with E-state index in [2.05, 4.69) is 15.6 Å². The molecule has 10 heteroatoms. The number of hydrogen-bond acceptors (Lipinski definition) is 6. The third-order valence-electron chi connectivity index (χ3n) is 5.42. The Hall–Kier alpha value is -3.84. The van der Waals surface area contributed by atoms with E-state index in [1.165, 1.54) is 28.0 Å². The monoisotopic (exact) mass is 467 g/mol. The van der Waals surface area contributed by atoms with E-state index in [-0.39, 0.29) is 22.5 Å². The number of nitriles is 1. The Morgan fingerprint density at radius 3 is 2.55 bits per heavy atom. The normalized spacial score (nSPS) is 11.1. The van der Waals surface area contributed by atoms with Gasteiger partial charge in [0, 0.05) is 23.8 Å². The highest BCUT2D eigenvalue weighted by atomic mass is 32.1.